The molecular weight excluding hydrogens is 410 g/mol. The van der Waals surface area contributed by atoms with E-state index in [1.54, 1.807) is 0 Å². The number of nitrogens with one attached hydrogen (secondary N) is 2. The fraction of sp³-hybridized carbons (Fsp3) is 0.458. The van der Waals surface area contributed by atoms with Gasteiger partial charge in [0.15, 0.2) is 0 Å². The number of para-hydroxylation sites is 1. The summed E-state index contributed by atoms with van der Waals surface area (Å²) in [4.78, 5) is 14.8. The van der Waals surface area contributed by atoms with Crippen LogP contribution in [0.25, 0.3) is 0 Å². The van der Waals surface area contributed by atoms with Crippen LogP contribution in [0, 0.1) is 34.6 Å². The molecule has 0 spiro atoms. The number of anilines is 1. The van der Waals surface area contributed by atoms with E-state index in [0.717, 1.165) is 39.9 Å². The van der Waals surface area contributed by atoms with E-state index in [1.807, 2.05) is 69.9 Å². The molecule has 0 bridgehead atoms. The third-order valence-corrected chi connectivity index (χ3v) is 8.25. The second kappa shape index (κ2) is 9.40. The maximum Gasteiger partial charge on any atom is 0.241 e. The lowest BCUT2D eigenvalue weighted by molar-refractivity contribution is -0.129. The van der Waals surface area contributed by atoms with E-state index in [0.29, 0.717) is 18.0 Å². The minimum atomic E-state index is -3.69. The summed E-state index contributed by atoms with van der Waals surface area (Å²) in [6, 6.07) is 10.2. The normalized spacial score (nSPS) is 16.5. The predicted octanol–water partition coefficient (Wildman–Crippen LogP) is 3.61. The molecule has 0 aromatic heterocycles. The van der Waals surface area contributed by atoms with Crippen molar-refractivity contribution in [2.45, 2.75) is 58.4 Å². The number of sulfonamides is 1. The summed E-state index contributed by atoms with van der Waals surface area (Å²) in [5.41, 5.74) is 5.70. The van der Waals surface area contributed by atoms with E-state index >= 15 is 0 Å². The van der Waals surface area contributed by atoms with Crippen LogP contribution in [0.5, 0.6) is 0 Å². The van der Waals surface area contributed by atoms with Crippen molar-refractivity contribution in [3.05, 3.63) is 58.1 Å². The van der Waals surface area contributed by atoms with Crippen LogP contribution in [0.1, 0.15) is 40.7 Å². The van der Waals surface area contributed by atoms with Crippen molar-refractivity contribution in [2.24, 2.45) is 0 Å². The van der Waals surface area contributed by atoms with Gasteiger partial charge in [0.25, 0.3) is 0 Å². The van der Waals surface area contributed by atoms with Crippen LogP contribution in [0.15, 0.2) is 35.2 Å². The largest absolute Gasteiger partial charge is 0.380 e. The highest BCUT2D eigenvalue weighted by Crippen LogP contribution is 2.29. The topological polar surface area (TPSA) is 78.5 Å². The monoisotopic (exact) mass is 443 g/mol. The Bertz CT molecular complexity index is 1040. The van der Waals surface area contributed by atoms with Gasteiger partial charge in [-0.05, 0) is 81.0 Å². The van der Waals surface area contributed by atoms with E-state index in [1.165, 1.54) is 0 Å². The summed E-state index contributed by atoms with van der Waals surface area (Å²) in [6.07, 6.45) is 1.03. The Labute approximate surface area is 186 Å². The Morgan fingerprint density at radius 3 is 2.16 bits per heavy atom. The molecule has 1 heterocycles. The number of carbonyl (C=O) groups excluding carboxylic acids is 1. The molecule has 1 aliphatic heterocycles. The molecule has 1 aliphatic rings. The first kappa shape index (κ1) is 23.3. The van der Waals surface area contributed by atoms with Gasteiger partial charge in [-0.2, -0.15) is 0 Å². The van der Waals surface area contributed by atoms with Gasteiger partial charge >= 0.3 is 0 Å². The van der Waals surface area contributed by atoms with Crippen molar-refractivity contribution in [1.82, 2.24) is 9.62 Å². The Kier molecular flexibility index (Phi) is 7.06. The van der Waals surface area contributed by atoms with Gasteiger partial charge in [0, 0.05) is 37.8 Å². The maximum absolute atomic E-state index is 13.0. The molecule has 0 radical (unpaired) electrons. The van der Waals surface area contributed by atoms with E-state index in [4.69, 9.17) is 0 Å². The first-order chi connectivity index (χ1) is 14.6. The summed E-state index contributed by atoms with van der Waals surface area (Å²) in [7, 11) is -3.69. The quantitative estimate of drug-likeness (QED) is 0.685. The number of hydrogen-bond donors (Lipinski definition) is 2. The number of carbonyl (C=O) groups is 1. The zero-order chi connectivity index (χ0) is 22.8. The summed E-state index contributed by atoms with van der Waals surface area (Å²) in [5.74, 6) is -0.0234. The number of nitrogens with zero attached hydrogens (tertiary/aromatic N) is 1. The van der Waals surface area contributed by atoms with Crippen LogP contribution in [-0.4, -0.2) is 44.9 Å². The second-order valence-corrected chi connectivity index (χ2v) is 10.1. The fourth-order valence-electron chi connectivity index (χ4n) is 4.27. The van der Waals surface area contributed by atoms with Crippen molar-refractivity contribution >= 4 is 21.6 Å². The van der Waals surface area contributed by atoms with E-state index in [-0.39, 0.29) is 24.9 Å². The van der Waals surface area contributed by atoms with Crippen molar-refractivity contribution < 1.29 is 13.2 Å². The fourth-order valence-corrected chi connectivity index (χ4v) is 5.89. The lowest BCUT2D eigenvalue weighted by atomic mass is 9.95. The van der Waals surface area contributed by atoms with Crippen LogP contribution in [-0.2, 0) is 14.8 Å². The molecule has 1 unspecified atom stereocenters. The molecule has 1 atom stereocenters. The standard InChI is InChI=1S/C24H33N3O3S/c1-16-17(2)19(4)24(20(5)18(16)3)31(29,30)25-13-11-23(28)27-14-12-22(15-27)26-21-9-7-6-8-10-21/h6-10,22,25-26H,11-15H2,1-5H3. The smallest absolute Gasteiger partial charge is 0.241 e. The van der Waals surface area contributed by atoms with Crippen molar-refractivity contribution in [1.29, 1.82) is 0 Å². The number of amides is 1. The van der Waals surface area contributed by atoms with Crippen LogP contribution in [0.2, 0.25) is 0 Å². The van der Waals surface area contributed by atoms with Gasteiger partial charge in [-0.25, -0.2) is 13.1 Å². The highest BCUT2D eigenvalue weighted by molar-refractivity contribution is 7.89. The van der Waals surface area contributed by atoms with E-state index in [2.05, 4.69) is 10.0 Å². The zero-order valence-corrected chi connectivity index (χ0v) is 19.9. The number of likely N-dealkylation sites (tertiary alicyclic amines) is 1. The molecule has 0 saturated carbocycles. The third-order valence-electron chi connectivity index (χ3n) is 6.52. The van der Waals surface area contributed by atoms with Gasteiger partial charge in [0.05, 0.1) is 4.90 Å². The average Bonchev–Trinajstić information content (AvgIpc) is 3.20. The van der Waals surface area contributed by atoms with Gasteiger partial charge in [0.1, 0.15) is 0 Å². The summed E-state index contributed by atoms with van der Waals surface area (Å²) >= 11 is 0. The summed E-state index contributed by atoms with van der Waals surface area (Å²) < 4.78 is 28.6. The Balaban J connectivity index is 1.57. The molecule has 2 aromatic rings. The van der Waals surface area contributed by atoms with Crippen LogP contribution < -0.4 is 10.0 Å². The number of benzene rings is 2. The molecule has 168 valence electrons. The lowest BCUT2D eigenvalue weighted by Gasteiger charge is -2.20. The molecule has 2 aromatic carbocycles. The molecule has 2 N–H and O–H groups in total. The Morgan fingerprint density at radius 2 is 1.55 bits per heavy atom. The van der Waals surface area contributed by atoms with Crippen molar-refractivity contribution in [2.75, 3.05) is 25.0 Å². The predicted molar refractivity (Wildman–Crippen MR) is 125 cm³/mol. The maximum atomic E-state index is 13.0. The molecule has 1 amide bonds. The molecule has 1 fully saturated rings. The third kappa shape index (κ3) is 5.10. The molecule has 6 nitrogen and oxygen atoms in total. The number of hydrogen-bond acceptors (Lipinski definition) is 4. The van der Waals surface area contributed by atoms with Gasteiger partial charge in [-0.1, -0.05) is 18.2 Å². The molecule has 1 saturated heterocycles. The van der Waals surface area contributed by atoms with Gasteiger partial charge in [-0.15, -0.1) is 0 Å². The van der Waals surface area contributed by atoms with Crippen molar-refractivity contribution in [3.8, 4) is 0 Å². The van der Waals surface area contributed by atoms with Gasteiger partial charge in [0.2, 0.25) is 15.9 Å². The van der Waals surface area contributed by atoms with Gasteiger partial charge < -0.3 is 10.2 Å². The minimum absolute atomic E-state index is 0.0234. The first-order valence-electron chi connectivity index (χ1n) is 10.8. The second-order valence-electron chi connectivity index (χ2n) is 8.44. The SMILES string of the molecule is Cc1c(C)c(C)c(S(=O)(=O)NCCC(=O)N2CCC(Nc3ccccc3)C2)c(C)c1C. The molecule has 7 heteroatoms. The minimum Gasteiger partial charge on any atom is -0.380 e. The molecule has 31 heavy (non-hydrogen) atoms. The lowest BCUT2D eigenvalue weighted by Crippen LogP contribution is -2.35. The Hall–Kier alpha value is -2.38. The average molecular weight is 444 g/mol. The Morgan fingerprint density at radius 1 is 0.968 bits per heavy atom. The van der Waals surface area contributed by atoms with Crippen LogP contribution in [0.4, 0.5) is 5.69 Å². The highest BCUT2D eigenvalue weighted by Gasteiger charge is 2.27. The summed E-state index contributed by atoms with van der Waals surface area (Å²) in [6.45, 7) is 11.0. The van der Waals surface area contributed by atoms with Crippen LogP contribution >= 0.6 is 0 Å². The highest BCUT2D eigenvalue weighted by atomic mass is 32.2. The molecular formula is C24H33N3O3S. The molecule has 3 rings (SSSR count). The van der Waals surface area contributed by atoms with Crippen LogP contribution in [0.3, 0.4) is 0 Å². The van der Waals surface area contributed by atoms with Gasteiger partial charge in [-0.3, -0.25) is 4.79 Å². The zero-order valence-electron chi connectivity index (χ0n) is 19.1. The number of rotatable bonds is 7. The molecule has 0 aliphatic carbocycles. The van der Waals surface area contributed by atoms with E-state index < -0.39 is 10.0 Å². The van der Waals surface area contributed by atoms with E-state index in [9.17, 15) is 13.2 Å². The first-order valence-corrected chi connectivity index (χ1v) is 12.3. The van der Waals surface area contributed by atoms with Crippen molar-refractivity contribution in [3.63, 3.8) is 0 Å². The summed E-state index contributed by atoms with van der Waals surface area (Å²) in [5, 5.41) is 3.45.